The molecule has 14 heteroatoms. The molecule has 0 aromatic carbocycles. The second-order valence-electron chi connectivity index (χ2n) is 7.61. The van der Waals surface area contributed by atoms with Crippen LogP contribution in [0.2, 0.25) is 0 Å². The number of hydrogen-bond donors (Lipinski definition) is 7. The zero-order valence-corrected chi connectivity index (χ0v) is 19.5. The topological polar surface area (TPSA) is 225 Å². The molecule has 0 fully saturated rings. The van der Waals surface area contributed by atoms with Crippen LogP contribution in [0.5, 0.6) is 0 Å². The van der Waals surface area contributed by atoms with Crippen molar-refractivity contribution in [2.75, 3.05) is 12.0 Å². The average Bonchev–Trinajstić information content (AvgIpc) is 2.71. The molecule has 4 atom stereocenters. The summed E-state index contributed by atoms with van der Waals surface area (Å²) in [6, 6.07) is -5.22. The second-order valence-corrected chi connectivity index (χ2v) is 8.59. The van der Waals surface area contributed by atoms with E-state index in [1.54, 1.807) is 13.8 Å². The molecular formula is C19H32N4O9S. The summed E-state index contributed by atoms with van der Waals surface area (Å²) < 4.78 is 0. The molecule has 0 aliphatic rings. The van der Waals surface area contributed by atoms with Crippen molar-refractivity contribution in [1.29, 1.82) is 0 Å². The Hall–Kier alpha value is -2.87. The lowest BCUT2D eigenvalue weighted by Crippen LogP contribution is -2.58. The minimum absolute atomic E-state index is 0.272. The van der Waals surface area contributed by atoms with Crippen LogP contribution in [0, 0.1) is 5.92 Å². The van der Waals surface area contributed by atoms with Crippen LogP contribution in [0.25, 0.3) is 0 Å². The summed E-state index contributed by atoms with van der Waals surface area (Å²) in [7, 11) is 0. The summed E-state index contributed by atoms with van der Waals surface area (Å²) in [5, 5.41) is 33.7. The Kier molecular flexibility index (Phi) is 13.7. The molecule has 4 unspecified atom stereocenters. The predicted octanol–water partition coefficient (Wildman–Crippen LogP) is -1.40. The molecule has 0 aromatic rings. The Bertz CT molecular complexity index is 732. The third-order valence-corrected chi connectivity index (χ3v) is 5.13. The maximum atomic E-state index is 12.8. The predicted molar refractivity (Wildman–Crippen MR) is 118 cm³/mol. The third kappa shape index (κ3) is 12.1. The molecule has 0 heterocycles. The van der Waals surface area contributed by atoms with E-state index in [4.69, 9.17) is 21.1 Å². The highest BCUT2D eigenvalue weighted by Gasteiger charge is 2.32. The van der Waals surface area contributed by atoms with Gasteiger partial charge in [-0.15, -0.1) is 0 Å². The number of nitrogens with two attached hydrogens (primary N) is 1. The van der Waals surface area contributed by atoms with Crippen molar-refractivity contribution in [2.45, 2.75) is 63.7 Å². The first kappa shape index (κ1) is 30.1. The Labute approximate surface area is 195 Å². The number of carbonyl (C=O) groups is 6. The van der Waals surface area contributed by atoms with Crippen molar-refractivity contribution in [2.24, 2.45) is 11.7 Å². The number of hydrogen-bond acceptors (Lipinski definition) is 8. The van der Waals surface area contributed by atoms with Crippen molar-refractivity contribution in [3.8, 4) is 0 Å². The molecule has 0 aliphatic heterocycles. The van der Waals surface area contributed by atoms with Gasteiger partial charge in [-0.3, -0.25) is 24.0 Å². The van der Waals surface area contributed by atoms with Crippen molar-refractivity contribution in [3.05, 3.63) is 0 Å². The lowest BCUT2D eigenvalue weighted by molar-refractivity contribution is -0.147. The average molecular weight is 493 g/mol. The van der Waals surface area contributed by atoms with Gasteiger partial charge in [0.1, 0.15) is 18.1 Å². The number of aliphatic carboxylic acids is 3. The van der Waals surface area contributed by atoms with Crippen LogP contribution in [-0.4, -0.2) is 87.1 Å². The Balaban J connectivity index is 5.45. The van der Waals surface area contributed by atoms with Gasteiger partial charge in [0, 0.05) is 6.42 Å². The van der Waals surface area contributed by atoms with Gasteiger partial charge in [0.25, 0.3) is 0 Å². The largest absolute Gasteiger partial charge is 0.481 e. The number of rotatable bonds is 16. The van der Waals surface area contributed by atoms with E-state index in [0.717, 1.165) is 0 Å². The lowest BCUT2D eigenvalue weighted by atomic mass is 10.0. The molecule has 3 amide bonds. The molecule has 0 aromatic heterocycles. The number of nitrogens with one attached hydrogen (secondary N) is 3. The van der Waals surface area contributed by atoms with Gasteiger partial charge < -0.3 is 37.0 Å². The van der Waals surface area contributed by atoms with Crippen LogP contribution >= 0.6 is 11.8 Å². The van der Waals surface area contributed by atoms with Crippen LogP contribution < -0.4 is 21.7 Å². The van der Waals surface area contributed by atoms with Crippen molar-refractivity contribution in [1.82, 2.24) is 16.0 Å². The molecule has 0 spiro atoms. The van der Waals surface area contributed by atoms with E-state index >= 15 is 0 Å². The molecular weight excluding hydrogens is 460 g/mol. The van der Waals surface area contributed by atoms with E-state index in [2.05, 4.69) is 16.0 Å². The first-order valence-electron chi connectivity index (χ1n) is 10.1. The standard InChI is InChI=1S/C19H32N4O9S/c1-9(2)15(18(30)22-12(19(31)32)8-14(26)27)23-17(29)11(4-5-13(24)25)21-16(28)10(20)6-7-33-3/h9-12,15H,4-8,20H2,1-3H3,(H,21,28)(H,22,30)(H,23,29)(H,24,25)(H,26,27)(H,31,32). The fourth-order valence-electron chi connectivity index (χ4n) is 2.62. The molecule has 0 radical (unpaired) electrons. The van der Waals surface area contributed by atoms with E-state index in [1.807, 2.05) is 6.26 Å². The number of carboxylic acid groups (broad SMARTS) is 3. The van der Waals surface area contributed by atoms with Crippen LogP contribution in [-0.2, 0) is 28.8 Å². The molecule has 0 bridgehead atoms. The molecule has 8 N–H and O–H groups in total. The van der Waals surface area contributed by atoms with Crippen LogP contribution in [0.3, 0.4) is 0 Å². The van der Waals surface area contributed by atoms with Gasteiger partial charge in [-0.25, -0.2) is 4.79 Å². The van der Waals surface area contributed by atoms with Crippen molar-refractivity contribution in [3.63, 3.8) is 0 Å². The van der Waals surface area contributed by atoms with E-state index in [-0.39, 0.29) is 6.42 Å². The summed E-state index contributed by atoms with van der Waals surface area (Å²) in [5.41, 5.74) is 5.79. The SMILES string of the molecule is CSCCC(N)C(=O)NC(CCC(=O)O)C(=O)NC(C(=O)NC(CC(=O)O)C(=O)O)C(C)C. The quantitative estimate of drug-likeness (QED) is 0.133. The molecule has 0 aliphatic carbocycles. The summed E-state index contributed by atoms with van der Waals surface area (Å²) >= 11 is 1.47. The van der Waals surface area contributed by atoms with Crippen LogP contribution in [0.4, 0.5) is 0 Å². The lowest BCUT2D eigenvalue weighted by Gasteiger charge is -2.26. The van der Waals surface area contributed by atoms with Crippen LogP contribution in [0.15, 0.2) is 0 Å². The van der Waals surface area contributed by atoms with Crippen molar-refractivity contribution < 1.29 is 44.1 Å². The summed E-state index contributed by atoms with van der Waals surface area (Å²) in [6.07, 6.45) is 0.570. The van der Waals surface area contributed by atoms with E-state index < -0.39 is 78.6 Å². The highest BCUT2D eigenvalue weighted by atomic mass is 32.2. The summed E-state index contributed by atoms with van der Waals surface area (Å²) in [6.45, 7) is 3.11. The number of carbonyl (C=O) groups excluding carboxylic acids is 3. The molecule has 33 heavy (non-hydrogen) atoms. The van der Waals surface area contributed by atoms with E-state index in [9.17, 15) is 28.8 Å². The highest BCUT2D eigenvalue weighted by Crippen LogP contribution is 2.07. The number of amides is 3. The second kappa shape index (κ2) is 15.1. The fourth-order valence-corrected chi connectivity index (χ4v) is 3.11. The fraction of sp³-hybridized carbons (Fsp3) is 0.684. The van der Waals surface area contributed by atoms with Gasteiger partial charge in [0.2, 0.25) is 17.7 Å². The molecule has 0 saturated heterocycles. The molecule has 13 nitrogen and oxygen atoms in total. The monoisotopic (exact) mass is 492 g/mol. The normalized spacial score (nSPS) is 14.5. The van der Waals surface area contributed by atoms with Gasteiger partial charge >= 0.3 is 17.9 Å². The minimum atomic E-state index is -1.72. The van der Waals surface area contributed by atoms with Gasteiger partial charge in [-0.1, -0.05) is 13.8 Å². The van der Waals surface area contributed by atoms with Crippen molar-refractivity contribution >= 4 is 47.4 Å². The zero-order chi connectivity index (χ0) is 25.7. The number of thioether (sulfide) groups is 1. The maximum absolute atomic E-state index is 12.8. The molecule has 188 valence electrons. The first-order valence-corrected chi connectivity index (χ1v) is 11.5. The summed E-state index contributed by atoms with van der Waals surface area (Å²) in [4.78, 5) is 70.7. The number of carboxylic acids is 3. The van der Waals surface area contributed by atoms with E-state index in [1.165, 1.54) is 11.8 Å². The van der Waals surface area contributed by atoms with Gasteiger partial charge in [0.05, 0.1) is 12.5 Å². The Morgan fingerprint density at radius 2 is 1.39 bits per heavy atom. The summed E-state index contributed by atoms with van der Waals surface area (Å²) in [5.74, 6) is -6.62. The first-order chi connectivity index (χ1) is 15.3. The van der Waals surface area contributed by atoms with E-state index in [0.29, 0.717) is 12.2 Å². The van der Waals surface area contributed by atoms with Gasteiger partial charge in [0.15, 0.2) is 0 Å². The van der Waals surface area contributed by atoms with Gasteiger partial charge in [-0.05, 0) is 30.8 Å². The maximum Gasteiger partial charge on any atom is 0.326 e. The van der Waals surface area contributed by atoms with Gasteiger partial charge in [-0.2, -0.15) is 11.8 Å². The highest BCUT2D eigenvalue weighted by molar-refractivity contribution is 7.98. The molecule has 0 rings (SSSR count). The van der Waals surface area contributed by atoms with Crippen LogP contribution in [0.1, 0.15) is 39.5 Å². The minimum Gasteiger partial charge on any atom is -0.481 e. The smallest absolute Gasteiger partial charge is 0.326 e. The zero-order valence-electron chi connectivity index (χ0n) is 18.7. The third-order valence-electron chi connectivity index (χ3n) is 4.49. The molecule has 0 saturated carbocycles. The Morgan fingerprint density at radius 1 is 0.818 bits per heavy atom. The Morgan fingerprint density at radius 3 is 1.85 bits per heavy atom.